The summed E-state index contributed by atoms with van der Waals surface area (Å²) >= 11 is 0. The Balaban J connectivity index is 1.79. The lowest BCUT2D eigenvalue weighted by atomic mass is 10.00. The number of nitriles is 1. The van der Waals surface area contributed by atoms with E-state index in [-0.39, 0.29) is 11.8 Å². The van der Waals surface area contributed by atoms with Crippen LogP contribution in [0, 0.1) is 17.2 Å². The Labute approximate surface area is 102 Å². The van der Waals surface area contributed by atoms with Crippen LogP contribution in [0.2, 0.25) is 0 Å². The first-order chi connectivity index (χ1) is 8.29. The number of morpholine rings is 1. The van der Waals surface area contributed by atoms with E-state index in [0.29, 0.717) is 32.8 Å². The molecule has 0 spiro atoms. The zero-order chi connectivity index (χ0) is 12.1. The third-order valence-corrected chi connectivity index (χ3v) is 3.41. The van der Waals surface area contributed by atoms with Gasteiger partial charge in [0, 0.05) is 19.6 Å². The maximum absolute atomic E-state index is 12.0. The summed E-state index contributed by atoms with van der Waals surface area (Å²) in [6, 6.07) is 2.30. The van der Waals surface area contributed by atoms with Crippen LogP contribution in [0.25, 0.3) is 0 Å². The molecule has 0 bridgehead atoms. The van der Waals surface area contributed by atoms with E-state index in [4.69, 9.17) is 10.00 Å². The topological polar surface area (TPSA) is 56.6 Å². The van der Waals surface area contributed by atoms with E-state index in [2.05, 4.69) is 11.0 Å². The van der Waals surface area contributed by atoms with Crippen molar-refractivity contribution in [3.05, 3.63) is 0 Å². The maximum Gasteiger partial charge on any atom is 0.236 e. The van der Waals surface area contributed by atoms with Gasteiger partial charge in [0.25, 0.3) is 0 Å². The first kappa shape index (κ1) is 12.3. The van der Waals surface area contributed by atoms with Crippen LogP contribution < -0.4 is 0 Å². The molecule has 0 aromatic carbocycles. The summed E-state index contributed by atoms with van der Waals surface area (Å²) in [5, 5.41) is 8.90. The van der Waals surface area contributed by atoms with Crippen molar-refractivity contribution in [3.63, 3.8) is 0 Å². The van der Waals surface area contributed by atoms with E-state index in [1.807, 2.05) is 4.90 Å². The van der Waals surface area contributed by atoms with Crippen LogP contribution in [-0.4, -0.2) is 61.6 Å². The number of nitrogens with zero attached hydrogens (tertiary/aromatic N) is 3. The third-order valence-electron chi connectivity index (χ3n) is 3.41. The Hall–Kier alpha value is -1.12. The van der Waals surface area contributed by atoms with Gasteiger partial charge in [-0.1, -0.05) is 0 Å². The number of hydrogen-bond donors (Lipinski definition) is 0. The molecule has 17 heavy (non-hydrogen) atoms. The van der Waals surface area contributed by atoms with Crippen molar-refractivity contribution >= 4 is 5.91 Å². The molecule has 0 N–H and O–H groups in total. The highest BCUT2D eigenvalue weighted by atomic mass is 16.5. The molecule has 2 aliphatic heterocycles. The van der Waals surface area contributed by atoms with Gasteiger partial charge in [-0.3, -0.25) is 9.69 Å². The fraction of sp³-hybridized carbons (Fsp3) is 0.833. The largest absolute Gasteiger partial charge is 0.378 e. The van der Waals surface area contributed by atoms with Gasteiger partial charge in [0.2, 0.25) is 5.91 Å². The van der Waals surface area contributed by atoms with Gasteiger partial charge in [0.05, 0.1) is 31.7 Å². The van der Waals surface area contributed by atoms with E-state index in [1.165, 1.54) is 0 Å². The van der Waals surface area contributed by atoms with Crippen molar-refractivity contribution in [2.75, 3.05) is 45.9 Å². The number of piperidine rings is 1. The van der Waals surface area contributed by atoms with Crippen LogP contribution in [0.4, 0.5) is 0 Å². The van der Waals surface area contributed by atoms with Crippen molar-refractivity contribution in [2.45, 2.75) is 12.8 Å². The molecule has 2 aliphatic rings. The summed E-state index contributed by atoms with van der Waals surface area (Å²) in [6.07, 6.45) is 1.99. The van der Waals surface area contributed by atoms with Gasteiger partial charge in [0.1, 0.15) is 0 Å². The molecule has 2 heterocycles. The Morgan fingerprint density at radius 1 is 1.35 bits per heavy atom. The molecular formula is C12H19N3O2. The number of likely N-dealkylation sites (tertiary alicyclic amines) is 1. The highest BCUT2D eigenvalue weighted by Gasteiger charge is 2.24. The minimum absolute atomic E-state index is 0.0984. The van der Waals surface area contributed by atoms with Crippen LogP contribution in [0.1, 0.15) is 12.8 Å². The van der Waals surface area contributed by atoms with E-state index in [9.17, 15) is 4.79 Å². The summed E-state index contributed by atoms with van der Waals surface area (Å²) in [5.41, 5.74) is 0. The molecule has 5 nitrogen and oxygen atoms in total. The fourth-order valence-corrected chi connectivity index (χ4v) is 2.41. The van der Waals surface area contributed by atoms with Crippen LogP contribution >= 0.6 is 0 Å². The SMILES string of the molecule is N#CC1CCCN(CC(=O)N2CCOCC2)C1. The Morgan fingerprint density at radius 3 is 2.82 bits per heavy atom. The Morgan fingerprint density at radius 2 is 2.12 bits per heavy atom. The normalized spacial score (nSPS) is 26.5. The second-order valence-corrected chi connectivity index (χ2v) is 4.70. The molecule has 0 aromatic rings. The number of rotatable bonds is 2. The van der Waals surface area contributed by atoms with Gasteiger partial charge in [-0.25, -0.2) is 0 Å². The van der Waals surface area contributed by atoms with Gasteiger partial charge in [-0.15, -0.1) is 0 Å². The summed E-state index contributed by atoms with van der Waals surface area (Å²) in [7, 11) is 0. The molecule has 1 unspecified atom stereocenters. The fourth-order valence-electron chi connectivity index (χ4n) is 2.41. The van der Waals surface area contributed by atoms with Gasteiger partial charge in [0.15, 0.2) is 0 Å². The zero-order valence-electron chi connectivity index (χ0n) is 10.1. The average Bonchev–Trinajstić information content (AvgIpc) is 2.40. The van der Waals surface area contributed by atoms with Gasteiger partial charge in [-0.2, -0.15) is 5.26 Å². The third kappa shape index (κ3) is 3.42. The van der Waals surface area contributed by atoms with E-state index >= 15 is 0 Å². The Bertz CT molecular complexity index is 307. The predicted octanol–water partition coefficient (Wildman–Crippen LogP) is 0.0808. The van der Waals surface area contributed by atoms with Crippen LogP contribution in [0.5, 0.6) is 0 Å². The minimum atomic E-state index is 0.0984. The average molecular weight is 237 g/mol. The molecule has 2 saturated heterocycles. The van der Waals surface area contributed by atoms with Crippen molar-refractivity contribution in [1.29, 1.82) is 5.26 Å². The summed E-state index contributed by atoms with van der Waals surface area (Å²) < 4.78 is 5.22. The lowest BCUT2D eigenvalue weighted by molar-refractivity contribution is -0.136. The number of carbonyl (C=O) groups excluding carboxylic acids is 1. The molecule has 0 aromatic heterocycles. The highest BCUT2D eigenvalue weighted by Crippen LogP contribution is 2.15. The van der Waals surface area contributed by atoms with Gasteiger partial charge in [-0.05, 0) is 19.4 Å². The predicted molar refractivity (Wildman–Crippen MR) is 62.2 cm³/mol. The lowest BCUT2D eigenvalue weighted by Crippen LogP contribution is -2.47. The van der Waals surface area contributed by atoms with Crippen molar-refractivity contribution in [2.24, 2.45) is 5.92 Å². The van der Waals surface area contributed by atoms with Gasteiger partial charge >= 0.3 is 0 Å². The smallest absolute Gasteiger partial charge is 0.236 e. The first-order valence-electron chi connectivity index (χ1n) is 6.27. The second kappa shape index (κ2) is 5.99. The van der Waals surface area contributed by atoms with E-state index < -0.39 is 0 Å². The van der Waals surface area contributed by atoms with Crippen molar-refractivity contribution in [1.82, 2.24) is 9.80 Å². The summed E-state index contributed by atoms with van der Waals surface area (Å²) in [5.74, 6) is 0.271. The lowest BCUT2D eigenvalue weighted by Gasteiger charge is -2.32. The van der Waals surface area contributed by atoms with Crippen molar-refractivity contribution in [3.8, 4) is 6.07 Å². The molecule has 94 valence electrons. The van der Waals surface area contributed by atoms with Gasteiger partial charge < -0.3 is 9.64 Å². The van der Waals surface area contributed by atoms with Crippen LogP contribution in [0.3, 0.4) is 0 Å². The van der Waals surface area contributed by atoms with E-state index in [1.54, 1.807) is 0 Å². The molecule has 2 fully saturated rings. The van der Waals surface area contributed by atoms with E-state index in [0.717, 1.165) is 25.9 Å². The summed E-state index contributed by atoms with van der Waals surface area (Å²) in [4.78, 5) is 16.0. The molecule has 0 saturated carbocycles. The molecule has 0 radical (unpaired) electrons. The maximum atomic E-state index is 12.0. The van der Waals surface area contributed by atoms with Crippen LogP contribution in [0.15, 0.2) is 0 Å². The zero-order valence-corrected chi connectivity index (χ0v) is 10.1. The van der Waals surface area contributed by atoms with Crippen LogP contribution in [-0.2, 0) is 9.53 Å². The monoisotopic (exact) mass is 237 g/mol. The highest BCUT2D eigenvalue weighted by molar-refractivity contribution is 5.78. The van der Waals surface area contributed by atoms with Crippen molar-refractivity contribution < 1.29 is 9.53 Å². The molecular weight excluding hydrogens is 218 g/mol. The minimum Gasteiger partial charge on any atom is -0.378 e. The number of amides is 1. The summed E-state index contributed by atoms with van der Waals surface area (Å²) in [6.45, 7) is 4.83. The molecule has 0 aliphatic carbocycles. The Kier molecular flexibility index (Phi) is 4.35. The number of ether oxygens (including phenoxy) is 1. The molecule has 1 atom stereocenters. The second-order valence-electron chi connectivity index (χ2n) is 4.70. The number of carbonyl (C=O) groups is 1. The first-order valence-corrected chi connectivity index (χ1v) is 6.27. The molecule has 1 amide bonds. The molecule has 5 heteroatoms. The quantitative estimate of drug-likeness (QED) is 0.682. The number of hydrogen-bond acceptors (Lipinski definition) is 4. The standard InChI is InChI=1S/C12H19N3O2/c13-8-11-2-1-3-14(9-11)10-12(16)15-4-6-17-7-5-15/h11H,1-7,9-10H2. The molecule has 2 rings (SSSR count).